The van der Waals surface area contributed by atoms with E-state index in [0.29, 0.717) is 39.6 Å². The van der Waals surface area contributed by atoms with E-state index in [2.05, 4.69) is 0 Å². The first-order valence-corrected chi connectivity index (χ1v) is 28.0. The molecule has 0 aliphatic carbocycles. The van der Waals surface area contributed by atoms with Crippen LogP contribution < -0.4 is 0 Å². The first kappa shape index (κ1) is 44.3. The molecule has 42 heavy (non-hydrogen) atoms. The highest BCUT2D eigenvalue weighted by Gasteiger charge is 2.40. The van der Waals surface area contributed by atoms with Crippen LogP contribution in [0.25, 0.3) is 0 Å². The minimum atomic E-state index is -2.44. The van der Waals surface area contributed by atoms with Crippen molar-refractivity contribution in [1.82, 2.24) is 0 Å². The minimum absolute atomic E-state index is 0.668. The van der Waals surface area contributed by atoms with Gasteiger partial charge in [0, 0.05) is 63.2 Å². The van der Waals surface area contributed by atoms with Crippen LogP contribution in [0.1, 0.15) is 119 Å². The monoisotopic (exact) mass is 742 g/mol. The zero-order chi connectivity index (χ0) is 31.0. The predicted molar refractivity (Wildman–Crippen MR) is 202 cm³/mol. The molecule has 0 atom stereocenters. The largest absolute Gasteiger partial charge is 0.500 e. The fourth-order valence-electron chi connectivity index (χ4n) is 4.55. The van der Waals surface area contributed by atoms with Crippen molar-refractivity contribution in [2.45, 2.75) is 131 Å². The van der Waals surface area contributed by atoms with E-state index < -0.39 is 17.6 Å². The molecule has 0 radical (unpaired) electrons. The van der Waals surface area contributed by atoms with E-state index >= 15 is 0 Å². The third kappa shape index (κ3) is 25.4. The average Bonchev–Trinajstić information content (AvgIpc) is 2.96. The molecule has 0 heterocycles. The SMILES string of the molecule is CCO[Si](CCCCCCCCSSSSSSCCCCCCCC[Si](OCC)(OCC)OCC)(OCC)OCC. The van der Waals surface area contributed by atoms with Crippen molar-refractivity contribution in [3.8, 4) is 0 Å². The number of hydrogen-bond donors (Lipinski definition) is 0. The van der Waals surface area contributed by atoms with Crippen LogP contribution in [0.4, 0.5) is 0 Å². The second-order valence-electron chi connectivity index (χ2n) is 9.62. The molecule has 0 aromatic rings. The van der Waals surface area contributed by atoms with Crippen molar-refractivity contribution in [2.75, 3.05) is 51.1 Å². The van der Waals surface area contributed by atoms with Crippen molar-refractivity contribution in [2.24, 2.45) is 0 Å². The van der Waals surface area contributed by atoms with Crippen LogP contribution in [-0.2, 0) is 26.6 Å². The topological polar surface area (TPSA) is 55.4 Å². The maximum Gasteiger partial charge on any atom is 0.500 e. The zero-order valence-corrected chi connectivity index (χ0v) is 34.4. The molecule has 0 fully saturated rings. The molecule has 0 aromatic carbocycles. The molecule has 0 saturated carbocycles. The predicted octanol–water partition coefficient (Wildman–Crippen LogP) is 11.7. The van der Waals surface area contributed by atoms with Crippen LogP contribution in [0.15, 0.2) is 0 Å². The highest BCUT2D eigenvalue weighted by Crippen LogP contribution is 2.52. The van der Waals surface area contributed by atoms with E-state index in [1.807, 2.05) is 102 Å². The summed E-state index contributed by atoms with van der Waals surface area (Å²) in [6.07, 6.45) is 15.3. The lowest BCUT2D eigenvalue weighted by Gasteiger charge is -2.28. The van der Waals surface area contributed by atoms with Crippen molar-refractivity contribution in [3.63, 3.8) is 0 Å². The molecular formula is C28H62O6S6Si2. The van der Waals surface area contributed by atoms with Gasteiger partial charge in [-0.2, -0.15) is 0 Å². The van der Waals surface area contributed by atoms with Crippen LogP contribution >= 0.6 is 60.9 Å². The summed E-state index contributed by atoms with van der Waals surface area (Å²) in [5, 5.41) is 0. The second-order valence-corrected chi connectivity index (χ2v) is 24.9. The number of rotatable bonds is 35. The molecule has 0 N–H and O–H groups in total. The minimum Gasteiger partial charge on any atom is -0.374 e. The van der Waals surface area contributed by atoms with Gasteiger partial charge in [-0.3, -0.25) is 0 Å². The van der Waals surface area contributed by atoms with Gasteiger partial charge in [0.1, 0.15) is 0 Å². The van der Waals surface area contributed by atoms with Gasteiger partial charge >= 0.3 is 17.6 Å². The molecule has 14 heteroatoms. The van der Waals surface area contributed by atoms with Gasteiger partial charge in [-0.05, 0) is 107 Å². The maximum absolute atomic E-state index is 5.95. The Kier molecular flexibility index (Phi) is 35.0. The van der Waals surface area contributed by atoms with Crippen LogP contribution in [0.2, 0.25) is 12.1 Å². The molecule has 6 nitrogen and oxygen atoms in total. The Hall–Kier alpha value is 2.29. The van der Waals surface area contributed by atoms with E-state index in [-0.39, 0.29) is 0 Å². The Morgan fingerprint density at radius 2 is 0.595 bits per heavy atom. The normalized spacial score (nSPS) is 12.4. The van der Waals surface area contributed by atoms with Gasteiger partial charge in [0.2, 0.25) is 0 Å². The molecule has 0 aromatic heterocycles. The highest BCUT2D eigenvalue weighted by atomic mass is 33.9. The quantitative estimate of drug-likeness (QED) is 0.0353. The van der Waals surface area contributed by atoms with Crippen LogP contribution in [0.5, 0.6) is 0 Å². The van der Waals surface area contributed by atoms with E-state index in [1.165, 1.54) is 75.7 Å². The number of hydrogen-bond acceptors (Lipinski definition) is 12. The van der Waals surface area contributed by atoms with Crippen LogP contribution in [0.3, 0.4) is 0 Å². The molecular weight excluding hydrogens is 681 g/mol. The lowest BCUT2D eigenvalue weighted by molar-refractivity contribution is 0.0698. The third-order valence-electron chi connectivity index (χ3n) is 6.29. The molecule has 254 valence electrons. The highest BCUT2D eigenvalue weighted by molar-refractivity contribution is 9.41. The molecule has 0 spiro atoms. The molecule has 0 bridgehead atoms. The third-order valence-corrected chi connectivity index (χ3v) is 23.7. The molecule has 0 unspecified atom stereocenters. The van der Waals surface area contributed by atoms with E-state index in [0.717, 1.165) is 24.9 Å². The average molecular weight is 743 g/mol. The fourth-order valence-corrected chi connectivity index (χ4v) is 21.7. The fraction of sp³-hybridized carbons (Fsp3) is 1.00. The summed E-state index contributed by atoms with van der Waals surface area (Å²) in [6, 6.07) is 1.89. The molecule has 0 amide bonds. The van der Waals surface area contributed by atoms with Crippen molar-refractivity contribution < 1.29 is 26.6 Å². The van der Waals surface area contributed by atoms with Gasteiger partial charge in [0.15, 0.2) is 0 Å². The standard InChI is InChI=1S/C28H62O6S6Si2/c1-7-29-41(30-8-2,31-9-3)27-23-19-15-13-17-21-25-35-37-39-40-38-36-26-22-18-14-16-20-24-28-42(32-10-4,33-11-5)34-12-6/h7-28H2,1-6H3. The van der Waals surface area contributed by atoms with Gasteiger partial charge in [-0.15, -0.1) is 0 Å². The Balaban J connectivity index is 3.49. The Morgan fingerprint density at radius 1 is 0.333 bits per heavy atom. The van der Waals surface area contributed by atoms with Gasteiger partial charge in [0.05, 0.1) is 0 Å². The molecule has 0 saturated heterocycles. The summed E-state index contributed by atoms with van der Waals surface area (Å²) in [4.78, 5) is 0. The smallest absolute Gasteiger partial charge is 0.374 e. The number of unbranched alkanes of at least 4 members (excludes halogenated alkanes) is 10. The van der Waals surface area contributed by atoms with Gasteiger partial charge in [0.25, 0.3) is 0 Å². The maximum atomic E-state index is 5.95. The lowest BCUT2D eigenvalue weighted by atomic mass is 10.1. The van der Waals surface area contributed by atoms with E-state index in [4.69, 9.17) is 26.6 Å². The second kappa shape index (κ2) is 33.2. The summed E-state index contributed by atoms with van der Waals surface area (Å²) < 4.78 is 35.7. The first-order valence-electron chi connectivity index (χ1n) is 16.3. The molecule has 0 aliphatic rings. The Morgan fingerprint density at radius 3 is 0.881 bits per heavy atom. The van der Waals surface area contributed by atoms with Crippen LogP contribution in [0, 0.1) is 0 Å². The van der Waals surface area contributed by atoms with Crippen LogP contribution in [-0.4, -0.2) is 68.8 Å². The van der Waals surface area contributed by atoms with Gasteiger partial charge < -0.3 is 26.6 Å². The van der Waals surface area contributed by atoms with E-state index in [9.17, 15) is 0 Å². The van der Waals surface area contributed by atoms with Gasteiger partial charge in [-0.1, -0.05) is 73.0 Å². The van der Waals surface area contributed by atoms with E-state index in [1.54, 1.807) is 0 Å². The van der Waals surface area contributed by atoms with Crippen molar-refractivity contribution >= 4 is 78.5 Å². The lowest BCUT2D eigenvalue weighted by Crippen LogP contribution is -2.45. The van der Waals surface area contributed by atoms with Crippen molar-refractivity contribution in [1.29, 1.82) is 0 Å². The zero-order valence-electron chi connectivity index (χ0n) is 27.5. The molecule has 0 rings (SSSR count). The summed E-state index contributed by atoms with van der Waals surface area (Å²) in [7, 11) is 6.81. The Labute approximate surface area is 285 Å². The summed E-state index contributed by atoms with van der Waals surface area (Å²) in [5.41, 5.74) is 0. The summed E-state index contributed by atoms with van der Waals surface area (Å²) >= 11 is 0. The summed E-state index contributed by atoms with van der Waals surface area (Å²) in [5.74, 6) is 2.49. The summed E-state index contributed by atoms with van der Waals surface area (Å²) in [6.45, 7) is 16.2. The first-order chi connectivity index (χ1) is 20.6. The Bertz CT molecular complexity index is 483. The van der Waals surface area contributed by atoms with Gasteiger partial charge in [-0.25, -0.2) is 0 Å². The molecule has 0 aliphatic heterocycles. The van der Waals surface area contributed by atoms with Crippen molar-refractivity contribution in [3.05, 3.63) is 0 Å².